The molecule has 0 aliphatic carbocycles. The standard InChI is InChI=1S/C19H17N3O5/c23-19(24)20-16-3-1-2-14(12-16)4-5-15-13-17(22(25)26)6-7-18(15)21-8-10-27-11-9-21/h1-3,6-7,12-13,20H,8-11H2,(H,23,24). The van der Waals surface area contributed by atoms with E-state index >= 15 is 0 Å². The number of amides is 1. The van der Waals surface area contributed by atoms with Crippen LogP contribution in [-0.2, 0) is 4.74 Å². The highest BCUT2D eigenvalue weighted by atomic mass is 16.6. The van der Waals surface area contributed by atoms with E-state index in [1.54, 1.807) is 30.3 Å². The fourth-order valence-corrected chi connectivity index (χ4v) is 2.76. The Bertz CT molecular complexity index is 926. The van der Waals surface area contributed by atoms with Crippen LogP contribution in [0.25, 0.3) is 0 Å². The predicted molar refractivity (Wildman–Crippen MR) is 100 cm³/mol. The number of hydrogen-bond acceptors (Lipinski definition) is 5. The van der Waals surface area contributed by atoms with Crippen molar-refractivity contribution >= 4 is 23.2 Å². The first kappa shape index (κ1) is 18.2. The number of ether oxygens (including phenoxy) is 1. The van der Waals surface area contributed by atoms with Crippen molar-refractivity contribution in [1.82, 2.24) is 0 Å². The first-order chi connectivity index (χ1) is 13.0. The zero-order chi connectivity index (χ0) is 19.2. The summed E-state index contributed by atoms with van der Waals surface area (Å²) >= 11 is 0. The van der Waals surface area contributed by atoms with Gasteiger partial charge in [0, 0.05) is 36.5 Å². The quantitative estimate of drug-likeness (QED) is 0.491. The maximum atomic E-state index is 11.1. The first-order valence-electron chi connectivity index (χ1n) is 8.26. The minimum Gasteiger partial charge on any atom is -0.465 e. The van der Waals surface area contributed by atoms with Crippen LogP contribution in [0, 0.1) is 22.0 Å². The van der Waals surface area contributed by atoms with Gasteiger partial charge in [0.2, 0.25) is 0 Å². The lowest BCUT2D eigenvalue weighted by Gasteiger charge is -2.29. The van der Waals surface area contributed by atoms with Crippen LogP contribution in [0.3, 0.4) is 0 Å². The number of nitrogens with zero attached hydrogens (tertiary/aromatic N) is 2. The van der Waals surface area contributed by atoms with Crippen molar-refractivity contribution in [3.63, 3.8) is 0 Å². The lowest BCUT2D eigenvalue weighted by Crippen LogP contribution is -2.36. The third kappa shape index (κ3) is 4.74. The molecule has 0 unspecified atom stereocenters. The van der Waals surface area contributed by atoms with Gasteiger partial charge in [-0.15, -0.1) is 0 Å². The Morgan fingerprint density at radius 3 is 2.67 bits per heavy atom. The van der Waals surface area contributed by atoms with E-state index < -0.39 is 11.0 Å². The average Bonchev–Trinajstić information content (AvgIpc) is 2.66. The SMILES string of the molecule is O=C(O)Nc1cccc(C#Cc2cc([N+](=O)[O-])ccc2N2CCOCC2)c1. The Labute approximate surface area is 155 Å². The summed E-state index contributed by atoms with van der Waals surface area (Å²) in [6.07, 6.45) is -1.16. The highest BCUT2D eigenvalue weighted by Crippen LogP contribution is 2.26. The summed E-state index contributed by atoms with van der Waals surface area (Å²) in [5.41, 5.74) is 2.33. The van der Waals surface area contributed by atoms with Gasteiger partial charge < -0.3 is 14.7 Å². The summed E-state index contributed by atoms with van der Waals surface area (Å²) in [6.45, 7) is 2.55. The molecule has 1 fully saturated rings. The molecule has 2 aromatic carbocycles. The van der Waals surface area contributed by atoms with E-state index in [-0.39, 0.29) is 5.69 Å². The van der Waals surface area contributed by atoms with Gasteiger partial charge in [0.1, 0.15) is 0 Å². The van der Waals surface area contributed by atoms with Crippen LogP contribution in [0.15, 0.2) is 42.5 Å². The van der Waals surface area contributed by atoms with Crippen LogP contribution in [0.1, 0.15) is 11.1 Å². The van der Waals surface area contributed by atoms with Crippen molar-refractivity contribution in [2.45, 2.75) is 0 Å². The topological polar surface area (TPSA) is 105 Å². The Morgan fingerprint density at radius 2 is 1.96 bits per heavy atom. The Kier molecular flexibility index (Phi) is 5.54. The third-order valence-corrected chi connectivity index (χ3v) is 4.00. The molecule has 0 atom stereocenters. The molecular weight excluding hydrogens is 350 g/mol. The monoisotopic (exact) mass is 367 g/mol. The second kappa shape index (κ2) is 8.21. The molecule has 8 nitrogen and oxygen atoms in total. The second-order valence-corrected chi connectivity index (χ2v) is 5.82. The summed E-state index contributed by atoms with van der Waals surface area (Å²) < 4.78 is 5.36. The molecule has 2 N–H and O–H groups in total. The summed E-state index contributed by atoms with van der Waals surface area (Å²) in [7, 11) is 0. The summed E-state index contributed by atoms with van der Waals surface area (Å²) in [5.74, 6) is 5.95. The summed E-state index contributed by atoms with van der Waals surface area (Å²) in [4.78, 5) is 23.5. The smallest absolute Gasteiger partial charge is 0.409 e. The van der Waals surface area contributed by atoms with Crippen molar-refractivity contribution in [3.05, 3.63) is 63.7 Å². The minimum absolute atomic E-state index is 0.0300. The average molecular weight is 367 g/mol. The molecule has 138 valence electrons. The summed E-state index contributed by atoms with van der Waals surface area (Å²) in [5, 5.41) is 22.2. The number of hydrogen-bond donors (Lipinski definition) is 2. The Morgan fingerprint density at radius 1 is 1.19 bits per heavy atom. The van der Waals surface area contributed by atoms with Gasteiger partial charge in [0.25, 0.3) is 5.69 Å². The van der Waals surface area contributed by atoms with Gasteiger partial charge in [-0.05, 0) is 24.3 Å². The van der Waals surface area contributed by atoms with Crippen LogP contribution in [0.2, 0.25) is 0 Å². The van der Waals surface area contributed by atoms with Crippen LogP contribution < -0.4 is 10.2 Å². The van der Waals surface area contributed by atoms with Crippen molar-refractivity contribution in [2.24, 2.45) is 0 Å². The zero-order valence-electron chi connectivity index (χ0n) is 14.3. The van der Waals surface area contributed by atoms with Gasteiger partial charge in [-0.1, -0.05) is 17.9 Å². The maximum absolute atomic E-state index is 11.1. The molecule has 27 heavy (non-hydrogen) atoms. The normalized spacial score (nSPS) is 13.4. The van der Waals surface area contributed by atoms with Gasteiger partial charge >= 0.3 is 6.09 Å². The number of carbonyl (C=O) groups is 1. The molecule has 0 saturated carbocycles. The fourth-order valence-electron chi connectivity index (χ4n) is 2.76. The van der Waals surface area contributed by atoms with E-state index in [2.05, 4.69) is 22.1 Å². The van der Waals surface area contributed by atoms with Gasteiger partial charge in [0.15, 0.2) is 0 Å². The molecule has 0 aromatic heterocycles. The molecule has 1 heterocycles. The Hall–Kier alpha value is -3.57. The highest BCUT2D eigenvalue weighted by Gasteiger charge is 2.17. The number of nitro groups is 1. The number of rotatable bonds is 3. The predicted octanol–water partition coefficient (Wildman–Crippen LogP) is 2.92. The van der Waals surface area contributed by atoms with Crippen LogP contribution in [0.5, 0.6) is 0 Å². The number of nitrogens with one attached hydrogen (secondary N) is 1. The number of benzene rings is 2. The lowest BCUT2D eigenvalue weighted by molar-refractivity contribution is -0.384. The van der Waals surface area contributed by atoms with Gasteiger partial charge in [-0.3, -0.25) is 15.4 Å². The molecule has 0 radical (unpaired) electrons. The Balaban J connectivity index is 1.95. The van der Waals surface area contributed by atoms with Gasteiger partial charge in [0.05, 0.1) is 29.4 Å². The molecule has 3 rings (SSSR count). The number of carboxylic acid groups (broad SMARTS) is 1. The van der Waals surface area contributed by atoms with E-state index in [1.165, 1.54) is 12.1 Å². The van der Waals surface area contributed by atoms with Crippen molar-refractivity contribution < 1.29 is 19.6 Å². The first-order valence-corrected chi connectivity index (χ1v) is 8.26. The van der Waals surface area contributed by atoms with E-state index in [0.29, 0.717) is 43.1 Å². The van der Waals surface area contributed by atoms with Gasteiger partial charge in [-0.25, -0.2) is 4.79 Å². The van der Waals surface area contributed by atoms with Crippen LogP contribution >= 0.6 is 0 Å². The summed E-state index contributed by atoms with van der Waals surface area (Å²) in [6, 6.07) is 11.3. The second-order valence-electron chi connectivity index (χ2n) is 5.82. The molecule has 8 heteroatoms. The number of nitro benzene ring substituents is 1. The van der Waals surface area contributed by atoms with Crippen LogP contribution in [0.4, 0.5) is 21.9 Å². The molecule has 0 spiro atoms. The number of anilines is 2. The zero-order valence-corrected chi connectivity index (χ0v) is 14.3. The molecule has 0 bridgehead atoms. The van der Waals surface area contributed by atoms with Crippen LogP contribution in [-0.4, -0.2) is 42.4 Å². The van der Waals surface area contributed by atoms with Crippen molar-refractivity contribution in [3.8, 4) is 11.8 Å². The largest absolute Gasteiger partial charge is 0.465 e. The van der Waals surface area contributed by atoms with E-state index in [1.807, 2.05) is 0 Å². The van der Waals surface area contributed by atoms with E-state index in [4.69, 9.17) is 9.84 Å². The molecular formula is C19H17N3O5. The van der Waals surface area contributed by atoms with Crippen molar-refractivity contribution in [2.75, 3.05) is 36.5 Å². The molecule has 1 aliphatic rings. The lowest BCUT2D eigenvalue weighted by atomic mass is 10.1. The molecule has 1 saturated heterocycles. The highest BCUT2D eigenvalue weighted by molar-refractivity contribution is 5.83. The number of morpholine rings is 1. The molecule has 2 aromatic rings. The van der Waals surface area contributed by atoms with Gasteiger partial charge in [-0.2, -0.15) is 0 Å². The maximum Gasteiger partial charge on any atom is 0.409 e. The van der Waals surface area contributed by atoms with E-state index in [0.717, 1.165) is 5.69 Å². The van der Waals surface area contributed by atoms with Crippen molar-refractivity contribution in [1.29, 1.82) is 0 Å². The minimum atomic E-state index is -1.16. The van der Waals surface area contributed by atoms with E-state index in [9.17, 15) is 14.9 Å². The fraction of sp³-hybridized carbons (Fsp3) is 0.211. The number of non-ortho nitro benzene ring substituents is 1. The third-order valence-electron chi connectivity index (χ3n) is 4.00. The molecule has 1 aliphatic heterocycles. The molecule has 1 amide bonds.